The maximum absolute atomic E-state index is 12.4. The molecule has 124 valence electrons. The first-order chi connectivity index (χ1) is 11.3. The average Bonchev–Trinajstić information content (AvgIpc) is 2.99. The number of piperidine rings is 1. The van der Waals surface area contributed by atoms with E-state index in [-0.39, 0.29) is 12.0 Å². The molecule has 2 aliphatic rings. The molecule has 4 nitrogen and oxygen atoms in total. The Morgan fingerprint density at radius 2 is 2.35 bits per heavy atom. The molecule has 2 saturated heterocycles. The van der Waals surface area contributed by atoms with Crippen molar-refractivity contribution in [2.24, 2.45) is 5.92 Å². The van der Waals surface area contributed by atoms with Gasteiger partial charge in [0.25, 0.3) is 0 Å². The number of fused-ring (bicyclic) bond motifs is 1. The number of thiophene rings is 1. The van der Waals surface area contributed by atoms with Crippen molar-refractivity contribution in [2.45, 2.75) is 12.5 Å². The van der Waals surface area contributed by atoms with Crippen molar-refractivity contribution < 1.29 is 9.53 Å². The summed E-state index contributed by atoms with van der Waals surface area (Å²) < 4.78 is 6.02. The summed E-state index contributed by atoms with van der Waals surface area (Å²) in [7, 11) is 0. The van der Waals surface area contributed by atoms with Gasteiger partial charge in [-0.15, -0.1) is 17.9 Å². The third-order valence-corrected chi connectivity index (χ3v) is 5.40. The average molecular weight is 332 g/mol. The lowest BCUT2D eigenvalue weighted by molar-refractivity contribution is -0.131. The molecule has 1 amide bonds. The van der Waals surface area contributed by atoms with Crippen LogP contribution in [-0.4, -0.2) is 61.1 Å². The first-order valence-corrected chi connectivity index (χ1v) is 9.09. The molecule has 0 N–H and O–H groups in total. The Bertz CT molecular complexity index is 555. The smallest absolute Gasteiger partial charge is 0.246 e. The Balaban J connectivity index is 1.57. The van der Waals surface area contributed by atoms with Crippen LogP contribution in [0.5, 0.6) is 0 Å². The minimum atomic E-state index is 0.0904. The number of carbonyl (C=O) groups is 1. The highest BCUT2D eigenvalue weighted by atomic mass is 32.1. The summed E-state index contributed by atoms with van der Waals surface area (Å²) >= 11 is 1.64. The van der Waals surface area contributed by atoms with E-state index in [9.17, 15) is 4.79 Å². The van der Waals surface area contributed by atoms with E-state index in [1.165, 1.54) is 0 Å². The van der Waals surface area contributed by atoms with Gasteiger partial charge in [0.15, 0.2) is 0 Å². The lowest BCUT2D eigenvalue weighted by Crippen LogP contribution is -2.48. The summed E-state index contributed by atoms with van der Waals surface area (Å²) in [4.78, 5) is 17.8. The number of rotatable bonds is 4. The van der Waals surface area contributed by atoms with Gasteiger partial charge in [0.2, 0.25) is 5.91 Å². The molecule has 23 heavy (non-hydrogen) atoms. The third kappa shape index (κ3) is 4.31. The van der Waals surface area contributed by atoms with E-state index in [1.54, 1.807) is 17.4 Å². The lowest BCUT2D eigenvalue weighted by atomic mass is 9.93. The van der Waals surface area contributed by atoms with Gasteiger partial charge in [-0.2, -0.15) is 0 Å². The first kappa shape index (κ1) is 16.4. The van der Waals surface area contributed by atoms with Crippen LogP contribution in [0, 0.1) is 5.92 Å². The number of carbonyl (C=O) groups excluding carboxylic acids is 1. The van der Waals surface area contributed by atoms with Crippen molar-refractivity contribution in [3.05, 3.63) is 41.1 Å². The van der Waals surface area contributed by atoms with Crippen LogP contribution in [0.1, 0.15) is 11.3 Å². The van der Waals surface area contributed by atoms with E-state index in [1.807, 2.05) is 34.6 Å². The molecule has 3 heterocycles. The van der Waals surface area contributed by atoms with Gasteiger partial charge in [-0.05, 0) is 23.9 Å². The second kappa shape index (κ2) is 7.90. The predicted octanol–water partition coefficient (Wildman–Crippen LogP) is 2.50. The zero-order valence-corrected chi connectivity index (χ0v) is 14.2. The van der Waals surface area contributed by atoms with E-state index >= 15 is 0 Å². The van der Waals surface area contributed by atoms with E-state index in [4.69, 9.17) is 4.74 Å². The first-order valence-electron chi connectivity index (χ1n) is 8.21. The fourth-order valence-corrected chi connectivity index (χ4v) is 3.93. The normalized spacial score (nSPS) is 26.0. The lowest BCUT2D eigenvalue weighted by Gasteiger charge is -2.37. The second-order valence-corrected chi connectivity index (χ2v) is 7.12. The fourth-order valence-electron chi connectivity index (χ4n) is 3.31. The number of nitrogens with zero attached hydrogens (tertiary/aromatic N) is 2. The van der Waals surface area contributed by atoms with Crippen LogP contribution in [0.3, 0.4) is 0 Å². The Labute approximate surface area is 142 Å². The zero-order chi connectivity index (χ0) is 16.1. The van der Waals surface area contributed by atoms with Gasteiger partial charge in [0.05, 0.1) is 12.7 Å². The fraction of sp³-hybridized carbons (Fsp3) is 0.500. The topological polar surface area (TPSA) is 32.8 Å². The van der Waals surface area contributed by atoms with Crippen LogP contribution in [-0.2, 0) is 9.53 Å². The molecule has 3 rings (SSSR count). The van der Waals surface area contributed by atoms with E-state index < -0.39 is 0 Å². The molecule has 0 radical (unpaired) electrons. The van der Waals surface area contributed by atoms with E-state index in [0.29, 0.717) is 12.5 Å². The summed E-state index contributed by atoms with van der Waals surface area (Å²) in [6.07, 6.45) is 6.72. The molecule has 2 fully saturated rings. The van der Waals surface area contributed by atoms with Crippen molar-refractivity contribution in [3.63, 3.8) is 0 Å². The zero-order valence-electron chi connectivity index (χ0n) is 13.4. The predicted molar refractivity (Wildman–Crippen MR) is 94.4 cm³/mol. The molecule has 2 atom stereocenters. The van der Waals surface area contributed by atoms with Crippen LogP contribution in [0.15, 0.2) is 36.2 Å². The van der Waals surface area contributed by atoms with Gasteiger partial charge in [0, 0.05) is 49.6 Å². The quantitative estimate of drug-likeness (QED) is 0.627. The van der Waals surface area contributed by atoms with Crippen molar-refractivity contribution in [1.29, 1.82) is 0 Å². The summed E-state index contributed by atoms with van der Waals surface area (Å²) in [5.41, 5.74) is 0. The molecule has 2 unspecified atom stereocenters. The molecule has 0 bridgehead atoms. The second-order valence-electron chi connectivity index (χ2n) is 6.14. The number of amides is 1. The van der Waals surface area contributed by atoms with Crippen molar-refractivity contribution >= 4 is 23.3 Å². The molecule has 5 heteroatoms. The van der Waals surface area contributed by atoms with E-state index in [2.05, 4.69) is 11.5 Å². The maximum Gasteiger partial charge on any atom is 0.246 e. The summed E-state index contributed by atoms with van der Waals surface area (Å²) in [6.45, 7) is 9.00. The number of hydrogen-bond donors (Lipinski definition) is 0. The van der Waals surface area contributed by atoms with Crippen molar-refractivity contribution in [2.75, 3.05) is 39.3 Å². The van der Waals surface area contributed by atoms with Gasteiger partial charge in [-0.3, -0.25) is 9.69 Å². The molecular formula is C18H24N2O2S. The molecule has 2 aliphatic heterocycles. The van der Waals surface area contributed by atoms with Gasteiger partial charge in [0.1, 0.15) is 0 Å². The number of ether oxygens (including phenoxy) is 1. The molecule has 0 aliphatic carbocycles. The van der Waals surface area contributed by atoms with Gasteiger partial charge in [-0.1, -0.05) is 12.1 Å². The molecule has 0 spiro atoms. The summed E-state index contributed by atoms with van der Waals surface area (Å²) in [5, 5.41) is 2.02. The van der Waals surface area contributed by atoms with Gasteiger partial charge in [-0.25, -0.2) is 0 Å². The Hall–Kier alpha value is -1.43. The number of hydrogen-bond acceptors (Lipinski definition) is 4. The van der Waals surface area contributed by atoms with Crippen LogP contribution in [0.4, 0.5) is 0 Å². The Morgan fingerprint density at radius 3 is 3.13 bits per heavy atom. The maximum atomic E-state index is 12.4. The summed E-state index contributed by atoms with van der Waals surface area (Å²) in [6, 6.07) is 4.01. The summed E-state index contributed by atoms with van der Waals surface area (Å²) in [5.74, 6) is 0.607. The highest BCUT2D eigenvalue weighted by Crippen LogP contribution is 2.24. The minimum absolute atomic E-state index is 0.0904. The van der Waals surface area contributed by atoms with Crippen LogP contribution in [0.25, 0.3) is 6.08 Å². The van der Waals surface area contributed by atoms with Crippen molar-refractivity contribution in [1.82, 2.24) is 9.80 Å². The van der Waals surface area contributed by atoms with Crippen LogP contribution >= 0.6 is 11.3 Å². The highest BCUT2D eigenvalue weighted by molar-refractivity contribution is 7.10. The Kier molecular flexibility index (Phi) is 5.65. The van der Waals surface area contributed by atoms with Gasteiger partial charge < -0.3 is 9.64 Å². The van der Waals surface area contributed by atoms with Crippen LogP contribution < -0.4 is 0 Å². The number of likely N-dealkylation sites (tertiary alicyclic amines) is 1. The molecule has 0 saturated carbocycles. The largest absolute Gasteiger partial charge is 0.375 e. The molecule has 0 aromatic carbocycles. The SMILES string of the molecule is C=CCN1CCOC2CN(C(=O)/C=C/c3cccs3)CCC2C1. The third-order valence-electron chi connectivity index (χ3n) is 4.56. The van der Waals surface area contributed by atoms with Gasteiger partial charge >= 0.3 is 0 Å². The van der Waals surface area contributed by atoms with E-state index in [0.717, 1.165) is 44.1 Å². The monoisotopic (exact) mass is 332 g/mol. The van der Waals surface area contributed by atoms with Crippen LogP contribution in [0.2, 0.25) is 0 Å². The van der Waals surface area contributed by atoms with Crippen molar-refractivity contribution in [3.8, 4) is 0 Å². The molecule has 1 aromatic heterocycles. The standard InChI is InChI=1S/C18H24N2O2S/c1-2-8-19-10-11-22-17-14-20(9-7-15(17)13-19)18(21)6-5-16-4-3-12-23-16/h2-6,12,15,17H,1,7-11,13-14H2/b6-5+. The minimum Gasteiger partial charge on any atom is -0.375 e. The molecule has 1 aromatic rings. The Morgan fingerprint density at radius 1 is 1.43 bits per heavy atom. The molecular weight excluding hydrogens is 308 g/mol. The highest BCUT2D eigenvalue weighted by Gasteiger charge is 2.34.